The van der Waals surface area contributed by atoms with Gasteiger partial charge in [0.05, 0.1) is 5.56 Å². The molecule has 112 valence electrons. The van der Waals surface area contributed by atoms with Crippen LogP contribution >= 0.6 is 0 Å². The number of nitrogens with zero attached hydrogens (tertiary/aromatic N) is 2. The molecule has 0 atom stereocenters. The summed E-state index contributed by atoms with van der Waals surface area (Å²) in [5.41, 5.74) is 0.0153. The highest BCUT2D eigenvalue weighted by Gasteiger charge is 2.14. The van der Waals surface area contributed by atoms with Gasteiger partial charge in [-0.05, 0) is 39.9 Å². The highest BCUT2D eigenvalue weighted by molar-refractivity contribution is 5.95. The molecule has 5 nitrogen and oxygen atoms in total. The van der Waals surface area contributed by atoms with Gasteiger partial charge in [-0.3, -0.25) is 4.79 Å². The molecule has 0 aliphatic rings. The van der Waals surface area contributed by atoms with Crippen LogP contribution in [0.2, 0.25) is 0 Å². The van der Waals surface area contributed by atoms with Crippen molar-refractivity contribution in [3.8, 4) is 0 Å². The third-order valence-electron chi connectivity index (χ3n) is 3.23. The molecule has 0 fully saturated rings. The molecule has 0 aromatic carbocycles. The summed E-state index contributed by atoms with van der Waals surface area (Å²) in [7, 11) is 3.60. The van der Waals surface area contributed by atoms with E-state index in [9.17, 15) is 9.18 Å². The maximum absolute atomic E-state index is 13.9. The molecule has 0 bridgehead atoms. The minimum Gasteiger partial charge on any atom is -0.371 e. The summed E-state index contributed by atoms with van der Waals surface area (Å²) in [6.07, 6.45) is 2.24. The normalized spacial score (nSPS) is 10.9. The molecule has 6 heteroatoms. The highest BCUT2D eigenvalue weighted by atomic mass is 19.1. The van der Waals surface area contributed by atoms with Crippen LogP contribution in [0.5, 0.6) is 0 Å². The molecule has 0 aliphatic heterocycles. The van der Waals surface area contributed by atoms with E-state index >= 15 is 0 Å². The number of anilines is 1. The van der Waals surface area contributed by atoms with E-state index in [0.717, 1.165) is 13.0 Å². The Kier molecular flexibility index (Phi) is 6.38. The topological polar surface area (TPSA) is 57.3 Å². The molecule has 0 saturated carbocycles. The third kappa shape index (κ3) is 4.45. The summed E-state index contributed by atoms with van der Waals surface area (Å²) in [5.74, 6) is -0.947. The van der Waals surface area contributed by atoms with Gasteiger partial charge < -0.3 is 15.5 Å². The van der Waals surface area contributed by atoms with E-state index in [1.54, 1.807) is 7.05 Å². The monoisotopic (exact) mass is 282 g/mol. The van der Waals surface area contributed by atoms with Crippen molar-refractivity contribution in [3.63, 3.8) is 0 Å². The first kappa shape index (κ1) is 16.4. The Bertz CT molecular complexity index is 451. The Balaban J connectivity index is 2.48. The van der Waals surface area contributed by atoms with Crippen molar-refractivity contribution in [2.75, 3.05) is 32.5 Å². The predicted octanol–water partition coefficient (Wildman–Crippen LogP) is 1.72. The van der Waals surface area contributed by atoms with Crippen LogP contribution in [0, 0.1) is 5.82 Å². The number of carbonyl (C=O) groups is 1. The van der Waals surface area contributed by atoms with Crippen molar-refractivity contribution in [2.45, 2.75) is 26.3 Å². The van der Waals surface area contributed by atoms with Gasteiger partial charge >= 0.3 is 0 Å². The third-order valence-corrected chi connectivity index (χ3v) is 3.23. The molecule has 20 heavy (non-hydrogen) atoms. The molecule has 1 heterocycles. The Labute approximate surface area is 119 Å². The first-order chi connectivity index (χ1) is 9.47. The van der Waals surface area contributed by atoms with Crippen LogP contribution in [0.25, 0.3) is 0 Å². The highest BCUT2D eigenvalue weighted by Crippen LogP contribution is 2.14. The van der Waals surface area contributed by atoms with Gasteiger partial charge in [0.2, 0.25) is 0 Å². The van der Waals surface area contributed by atoms with Gasteiger partial charge in [0, 0.05) is 25.8 Å². The van der Waals surface area contributed by atoms with Gasteiger partial charge in [0.25, 0.3) is 5.91 Å². The lowest BCUT2D eigenvalue weighted by Crippen LogP contribution is -2.31. The average Bonchev–Trinajstić information content (AvgIpc) is 2.43. The second-order valence-electron chi connectivity index (χ2n) is 4.95. The number of amides is 1. The van der Waals surface area contributed by atoms with Crippen LogP contribution in [0.4, 0.5) is 10.2 Å². The van der Waals surface area contributed by atoms with Crippen molar-refractivity contribution in [1.29, 1.82) is 0 Å². The molecule has 0 radical (unpaired) electrons. The number of nitrogens with one attached hydrogen (secondary N) is 2. The van der Waals surface area contributed by atoms with Gasteiger partial charge in [0.1, 0.15) is 0 Å². The van der Waals surface area contributed by atoms with Crippen LogP contribution in [0.3, 0.4) is 0 Å². The molecule has 1 rings (SSSR count). The SMILES string of the molecule is CNc1nccc(C(=O)NCCCN(C)C(C)C)c1F. The van der Waals surface area contributed by atoms with Gasteiger partial charge in [-0.15, -0.1) is 0 Å². The lowest BCUT2D eigenvalue weighted by molar-refractivity contribution is 0.0947. The van der Waals surface area contributed by atoms with Crippen molar-refractivity contribution in [1.82, 2.24) is 15.2 Å². The minimum absolute atomic E-state index is 0.0153. The molecule has 1 aromatic rings. The Morgan fingerprint density at radius 2 is 2.20 bits per heavy atom. The number of aromatic nitrogens is 1. The summed E-state index contributed by atoms with van der Waals surface area (Å²) in [4.78, 5) is 17.9. The van der Waals surface area contributed by atoms with Crippen molar-refractivity contribution in [3.05, 3.63) is 23.6 Å². The molecule has 1 aromatic heterocycles. The first-order valence-electron chi connectivity index (χ1n) is 6.78. The zero-order chi connectivity index (χ0) is 15.1. The number of halogens is 1. The van der Waals surface area contributed by atoms with E-state index in [4.69, 9.17) is 0 Å². The number of rotatable bonds is 7. The van der Waals surface area contributed by atoms with Crippen LogP contribution in [-0.2, 0) is 0 Å². The molecular formula is C14H23FN4O. The number of pyridine rings is 1. The Hall–Kier alpha value is -1.69. The molecule has 0 aliphatic carbocycles. The molecule has 0 saturated heterocycles. The second-order valence-corrected chi connectivity index (χ2v) is 4.95. The average molecular weight is 282 g/mol. The summed E-state index contributed by atoms with van der Waals surface area (Å²) >= 11 is 0. The fraction of sp³-hybridized carbons (Fsp3) is 0.571. The molecule has 1 amide bonds. The maximum atomic E-state index is 13.9. The zero-order valence-electron chi connectivity index (χ0n) is 12.5. The molecule has 0 spiro atoms. The van der Waals surface area contributed by atoms with Gasteiger partial charge in [0.15, 0.2) is 11.6 Å². The quantitative estimate of drug-likeness (QED) is 0.748. The van der Waals surface area contributed by atoms with Crippen LogP contribution in [0.1, 0.15) is 30.6 Å². The van der Waals surface area contributed by atoms with Gasteiger partial charge in [-0.1, -0.05) is 0 Å². The van der Waals surface area contributed by atoms with E-state index in [2.05, 4.69) is 34.4 Å². The van der Waals surface area contributed by atoms with Gasteiger partial charge in [-0.2, -0.15) is 0 Å². The Morgan fingerprint density at radius 1 is 1.50 bits per heavy atom. The molecule has 2 N–H and O–H groups in total. The minimum atomic E-state index is -0.619. The fourth-order valence-electron chi connectivity index (χ4n) is 1.68. The first-order valence-corrected chi connectivity index (χ1v) is 6.78. The zero-order valence-corrected chi connectivity index (χ0v) is 12.5. The number of carbonyl (C=O) groups excluding carboxylic acids is 1. The number of hydrogen-bond acceptors (Lipinski definition) is 4. The van der Waals surface area contributed by atoms with E-state index in [1.807, 2.05) is 7.05 Å². The summed E-state index contributed by atoms with van der Waals surface area (Å²) < 4.78 is 13.9. The lowest BCUT2D eigenvalue weighted by atomic mass is 10.2. The van der Waals surface area contributed by atoms with Crippen molar-refractivity contribution in [2.24, 2.45) is 0 Å². The molecular weight excluding hydrogens is 259 g/mol. The van der Waals surface area contributed by atoms with Crippen LogP contribution in [-0.4, -0.2) is 49.0 Å². The van der Waals surface area contributed by atoms with Crippen molar-refractivity contribution < 1.29 is 9.18 Å². The van der Waals surface area contributed by atoms with E-state index < -0.39 is 11.7 Å². The van der Waals surface area contributed by atoms with Crippen LogP contribution in [0.15, 0.2) is 12.3 Å². The largest absolute Gasteiger partial charge is 0.371 e. The lowest BCUT2D eigenvalue weighted by Gasteiger charge is -2.20. The van der Waals surface area contributed by atoms with E-state index in [0.29, 0.717) is 12.6 Å². The van der Waals surface area contributed by atoms with Crippen molar-refractivity contribution >= 4 is 11.7 Å². The predicted molar refractivity (Wildman–Crippen MR) is 78.5 cm³/mol. The van der Waals surface area contributed by atoms with E-state index in [1.165, 1.54) is 12.3 Å². The summed E-state index contributed by atoms with van der Waals surface area (Å²) in [6.45, 7) is 5.64. The smallest absolute Gasteiger partial charge is 0.254 e. The Morgan fingerprint density at radius 3 is 2.80 bits per heavy atom. The summed E-state index contributed by atoms with van der Waals surface area (Å²) in [5, 5.41) is 5.34. The van der Waals surface area contributed by atoms with Crippen LogP contribution < -0.4 is 10.6 Å². The fourth-order valence-corrected chi connectivity index (χ4v) is 1.68. The maximum Gasteiger partial charge on any atom is 0.254 e. The standard InChI is InChI=1S/C14H23FN4O/c1-10(2)19(4)9-5-7-18-14(20)11-6-8-17-13(16-3)12(11)15/h6,8,10H,5,7,9H2,1-4H3,(H,16,17)(H,18,20). The van der Waals surface area contributed by atoms with E-state index in [-0.39, 0.29) is 11.4 Å². The second kappa shape index (κ2) is 7.79. The number of hydrogen-bond donors (Lipinski definition) is 2. The summed E-state index contributed by atoms with van der Waals surface area (Å²) in [6, 6.07) is 1.85. The van der Waals surface area contributed by atoms with Gasteiger partial charge in [-0.25, -0.2) is 9.37 Å². The molecule has 0 unspecified atom stereocenters.